The van der Waals surface area contributed by atoms with Gasteiger partial charge in [-0.3, -0.25) is 9.89 Å². The third-order valence-corrected chi connectivity index (χ3v) is 4.96. The van der Waals surface area contributed by atoms with Crippen LogP contribution in [0.3, 0.4) is 0 Å². The SMILES string of the molecule is COC(=O)c1nc(NC(=O)CCc2c(C)n[nH]c2C)sc1C(C)C. The number of hydrogen-bond acceptors (Lipinski definition) is 6. The van der Waals surface area contributed by atoms with Crippen molar-refractivity contribution < 1.29 is 14.3 Å². The number of carbonyl (C=O) groups is 2. The van der Waals surface area contributed by atoms with E-state index in [1.54, 1.807) is 0 Å². The number of methoxy groups -OCH3 is 1. The molecule has 0 aliphatic carbocycles. The number of rotatable bonds is 6. The number of esters is 1. The van der Waals surface area contributed by atoms with Gasteiger partial charge in [-0.05, 0) is 31.7 Å². The molecule has 2 rings (SSSR count). The van der Waals surface area contributed by atoms with Crippen LogP contribution in [0.5, 0.6) is 0 Å². The number of ether oxygens (including phenoxy) is 1. The van der Waals surface area contributed by atoms with Gasteiger partial charge in [-0.15, -0.1) is 11.3 Å². The maximum Gasteiger partial charge on any atom is 0.357 e. The highest BCUT2D eigenvalue weighted by atomic mass is 32.1. The van der Waals surface area contributed by atoms with Crippen LogP contribution in [-0.2, 0) is 16.0 Å². The van der Waals surface area contributed by atoms with Crippen molar-refractivity contribution in [2.45, 2.75) is 46.5 Å². The number of amides is 1. The van der Waals surface area contributed by atoms with Crippen LogP contribution in [0.2, 0.25) is 0 Å². The van der Waals surface area contributed by atoms with Crippen LogP contribution < -0.4 is 5.32 Å². The molecule has 0 aromatic carbocycles. The zero-order chi connectivity index (χ0) is 17.9. The molecule has 0 saturated carbocycles. The van der Waals surface area contributed by atoms with Crippen LogP contribution in [0.4, 0.5) is 5.13 Å². The zero-order valence-electron chi connectivity index (χ0n) is 14.5. The molecule has 0 atom stereocenters. The Morgan fingerprint density at radius 1 is 1.33 bits per heavy atom. The summed E-state index contributed by atoms with van der Waals surface area (Å²) in [4.78, 5) is 29.0. The van der Waals surface area contributed by atoms with Gasteiger partial charge in [-0.1, -0.05) is 13.8 Å². The van der Waals surface area contributed by atoms with Gasteiger partial charge in [0, 0.05) is 17.0 Å². The van der Waals surface area contributed by atoms with Gasteiger partial charge in [0.1, 0.15) is 0 Å². The first-order chi connectivity index (χ1) is 11.3. The molecule has 0 aliphatic heterocycles. The normalized spacial score (nSPS) is 10.9. The van der Waals surface area contributed by atoms with Crippen molar-refractivity contribution in [2.24, 2.45) is 0 Å². The third kappa shape index (κ3) is 4.00. The highest BCUT2D eigenvalue weighted by Gasteiger charge is 2.21. The molecule has 2 aromatic rings. The summed E-state index contributed by atoms with van der Waals surface area (Å²) in [6.07, 6.45) is 0.928. The second kappa shape index (κ2) is 7.57. The fraction of sp³-hybridized carbons (Fsp3) is 0.500. The van der Waals surface area contributed by atoms with E-state index in [0.717, 1.165) is 21.8 Å². The van der Waals surface area contributed by atoms with Crippen LogP contribution in [0, 0.1) is 13.8 Å². The fourth-order valence-electron chi connectivity index (χ4n) is 2.38. The molecular formula is C16H22N4O3S. The second-order valence-electron chi connectivity index (χ2n) is 5.84. The average Bonchev–Trinajstić information content (AvgIpc) is 3.09. The Hall–Kier alpha value is -2.22. The monoisotopic (exact) mass is 350 g/mol. The number of hydrogen-bond donors (Lipinski definition) is 2. The molecule has 2 aromatic heterocycles. The maximum absolute atomic E-state index is 12.2. The first kappa shape index (κ1) is 18.1. The summed E-state index contributed by atoms with van der Waals surface area (Å²) in [5.74, 6) is -0.506. The summed E-state index contributed by atoms with van der Waals surface area (Å²) in [5, 5.41) is 10.2. The van der Waals surface area contributed by atoms with Crippen LogP contribution in [0.15, 0.2) is 0 Å². The molecule has 0 radical (unpaired) electrons. The minimum absolute atomic E-state index is 0.124. The summed E-state index contributed by atoms with van der Waals surface area (Å²) in [6.45, 7) is 7.78. The summed E-state index contributed by atoms with van der Waals surface area (Å²) < 4.78 is 4.75. The lowest BCUT2D eigenvalue weighted by Crippen LogP contribution is -2.13. The highest BCUT2D eigenvalue weighted by molar-refractivity contribution is 7.16. The van der Waals surface area contributed by atoms with Crippen molar-refractivity contribution in [1.29, 1.82) is 0 Å². The number of aromatic nitrogens is 3. The summed E-state index contributed by atoms with van der Waals surface area (Å²) in [6, 6.07) is 0. The molecule has 8 heteroatoms. The van der Waals surface area contributed by atoms with E-state index in [1.165, 1.54) is 18.4 Å². The van der Waals surface area contributed by atoms with Gasteiger partial charge < -0.3 is 10.1 Å². The standard InChI is InChI=1S/C16H22N4O3S/c1-8(2)14-13(15(22)23-5)18-16(24-14)17-12(21)7-6-11-9(3)19-20-10(11)4/h8H,6-7H2,1-5H3,(H,19,20)(H,17,18,21). The molecule has 0 saturated heterocycles. The van der Waals surface area contributed by atoms with E-state index in [0.29, 0.717) is 18.0 Å². The Balaban J connectivity index is 2.05. The molecule has 0 unspecified atom stereocenters. The largest absolute Gasteiger partial charge is 0.464 e. The lowest BCUT2D eigenvalue weighted by atomic mass is 10.1. The maximum atomic E-state index is 12.2. The minimum atomic E-state index is -0.486. The highest BCUT2D eigenvalue weighted by Crippen LogP contribution is 2.30. The van der Waals surface area contributed by atoms with E-state index < -0.39 is 5.97 Å². The molecule has 2 heterocycles. The van der Waals surface area contributed by atoms with E-state index >= 15 is 0 Å². The van der Waals surface area contributed by atoms with Gasteiger partial charge >= 0.3 is 5.97 Å². The fourth-order valence-corrected chi connectivity index (χ4v) is 3.35. The Morgan fingerprint density at radius 3 is 2.58 bits per heavy atom. The average molecular weight is 350 g/mol. The molecule has 0 spiro atoms. The van der Waals surface area contributed by atoms with Crippen LogP contribution in [-0.4, -0.2) is 34.2 Å². The van der Waals surface area contributed by atoms with E-state index in [-0.39, 0.29) is 17.5 Å². The number of H-pyrrole nitrogens is 1. The Bertz CT molecular complexity index is 729. The van der Waals surface area contributed by atoms with Crippen molar-refractivity contribution >= 4 is 28.3 Å². The molecule has 7 nitrogen and oxygen atoms in total. The Labute approximate surface area is 144 Å². The number of aromatic amines is 1. The number of carbonyl (C=O) groups excluding carboxylic acids is 2. The first-order valence-corrected chi connectivity index (χ1v) is 8.54. The lowest BCUT2D eigenvalue weighted by Gasteiger charge is -2.02. The minimum Gasteiger partial charge on any atom is -0.464 e. The van der Waals surface area contributed by atoms with Crippen molar-refractivity contribution in [3.8, 4) is 0 Å². The predicted octanol–water partition coefficient (Wildman–Crippen LogP) is 2.96. The number of anilines is 1. The van der Waals surface area contributed by atoms with E-state index in [2.05, 4.69) is 20.5 Å². The number of aryl methyl sites for hydroxylation is 2. The van der Waals surface area contributed by atoms with Gasteiger partial charge in [0.15, 0.2) is 10.8 Å². The summed E-state index contributed by atoms with van der Waals surface area (Å²) >= 11 is 1.31. The van der Waals surface area contributed by atoms with Crippen molar-refractivity contribution in [1.82, 2.24) is 15.2 Å². The Kier molecular flexibility index (Phi) is 5.71. The molecule has 2 N–H and O–H groups in total. The van der Waals surface area contributed by atoms with Crippen LogP contribution in [0.25, 0.3) is 0 Å². The second-order valence-corrected chi connectivity index (χ2v) is 6.87. The number of thiazole rings is 1. The van der Waals surface area contributed by atoms with Crippen molar-refractivity contribution in [3.05, 3.63) is 27.5 Å². The first-order valence-electron chi connectivity index (χ1n) is 7.72. The quantitative estimate of drug-likeness (QED) is 0.781. The number of nitrogens with one attached hydrogen (secondary N) is 2. The van der Waals surface area contributed by atoms with E-state index in [4.69, 9.17) is 4.74 Å². The molecule has 0 aliphatic rings. The topological polar surface area (TPSA) is 97.0 Å². The van der Waals surface area contributed by atoms with Crippen molar-refractivity contribution in [3.63, 3.8) is 0 Å². The zero-order valence-corrected chi connectivity index (χ0v) is 15.3. The molecule has 24 heavy (non-hydrogen) atoms. The molecule has 130 valence electrons. The van der Waals surface area contributed by atoms with Crippen LogP contribution in [0.1, 0.15) is 58.5 Å². The molecule has 1 amide bonds. The van der Waals surface area contributed by atoms with Crippen LogP contribution >= 0.6 is 11.3 Å². The third-order valence-electron chi connectivity index (χ3n) is 3.69. The lowest BCUT2D eigenvalue weighted by molar-refractivity contribution is -0.116. The molecular weight excluding hydrogens is 328 g/mol. The molecule has 0 fully saturated rings. The summed E-state index contributed by atoms with van der Waals surface area (Å²) in [7, 11) is 1.32. The molecule has 0 bridgehead atoms. The number of nitrogens with zero attached hydrogens (tertiary/aromatic N) is 2. The van der Waals surface area contributed by atoms with Gasteiger partial charge in [0.25, 0.3) is 0 Å². The van der Waals surface area contributed by atoms with Gasteiger partial charge in [0.2, 0.25) is 5.91 Å². The van der Waals surface area contributed by atoms with Gasteiger partial charge in [-0.25, -0.2) is 9.78 Å². The van der Waals surface area contributed by atoms with Gasteiger partial charge in [-0.2, -0.15) is 5.10 Å². The van der Waals surface area contributed by atoms with E-state index in [9.17, 15) is 9.59 Å². The Morgan fingerprint density at radius 2 is 2.04 bits per heavy atom. The van der Waals surface area contributed by atoms with Crippen molar-refractivity contribution in [2.75, 3.05) is 12.4 Å². The predicted molar refractivity (Wildman–Crippen MR) is 92.6 cm³/mol. The smallest absolute Gasteiger partial charge is 0.357 e. The van der Waals surface area contributed by atoms with E-state index in [1.807, 2.05) is 27.7 Å². The summed E-state index contributed by atoms with van der Waals surface area (Å²) in [5.41, 5.74) is 3.21. The van der Waals surface area contributed by atoms with Gasteiger partial charge in [0.05, 0.1) is 12.8 Å².